The van der Waals surface area contributed by atoms with Crippen LogP contribution in [0.4, 0.5) is 5.69 Å². The van der Waals surface area contributed by atoms with E-state index >= 15 is 0 Å². The summed E-state index contributed by atoms with van der Waals surface area (Å²) in [6.45, 7) is 0.209. The normalized spacial score (nSPS) is 10.9. The largest absolute Gasteiger partial charge is 0.506 e. The maximum absolute atomic E-state index is 12.0. The molecule has 0 unspecified atom stereocenters. The first-order valence-electron chi connectivity index (χ1n) is 8.03. The molecular formula is C20H14IN3O4. The summed E-state index contributed by atoms with van der Waals surface area (Å²) in [7, 11) is 0. The highest BCUT2D eigenvalue weighted by atomic mass is 127. The first-order valence-corrected chi connectivity index (χ1v) is 9.10. The zero-order valence-electron chi connectivity index (χ0n) is 14.4. The summed E-state index contributed by atoms with van der Waals surface area (Å²) in [4.78, 5) is 29.9. The molecule has 0 aliphatic heterocycles. The van der Waals surface area contributed by atoms with Crippen LogP contribution in [0.15, 0.2) is 46.2 Å². The molecule has 28 heavy (non-hydrogen) atoms. The van der Waals surface area contributed by atoms with Gasteiger partial charge in [0.05, 0.1) is 17.8 Å². The Morgan fingerprint density at radius 2 is 2.04 bits per heavy atom. The van der Waals surface area contributed by atoms with Gasteiger partial charge < -0.3 is 15.5 Å². The van der Waals surface area contributed by atoms with Gasteiger partial charge in [-0.2, -0.15) is 0 Å². The molecule has 0 radical (unpaired) electrons. The second kappa shape index (κ2) is 8.14. The molecule has 0 saturated carbocycles. The number of halogens is 1. The van der Waals surface area contributed by atoms with Crippen molar-refractivity contribution in [2.45, 2.75) is 6.54 Å². The Morgan fingerprint density at radius 1 is 1.25 bits per heavy atom. The summed E-state index contributed by atoms with van der Waals surface area (Å²) in [5, 5.41) is 23.5. The van der Waals surface area contributed by atoms with Crippen LogP contribution in [0.1, 0.15) is 11.1 Å². The molecule has 8 heteroatoms. The number of anilines is 1. The smallest absolute Gasteiger partial charge is 0.300 e. The van der Waals surface area contributed by atoms with E-state index in [1.807, 2.05) is 5.92 Å². The van der Waals surface area contributed by atoms with Gasteiger partial charge in [-0.3, -0.25) is 19.6 Å². The highest BCUT2D eigenvalue weighted by Crippen LogP contribution is 2.25. The number of aromatic hydroxyl groups is 2. The van der Waals surface area contributed by atoms with Crippen LogP contribution in [0.25, 0.3) is 10.8 Å². The molecule has 0 bridgehead atoms. The second-order valence-corrected chi connectivity index (χ2v) is 7.07. The first kappa shape index (κ1) is 19.4. The first-order chi connectivity index (χ1) is 13.4. The van der Waals surface area contributed by atoms with E-state index < -0.39 is 5.91 Å². The van der Waals surface area contributed by atoms with Crippen molar-refractivity contribution in [3.8, 4) is 24.0 Å². The minimum absolute atomic E-state index is 0.136. The number of aliphatic imine (C=N–C) groups is 1. The molecule has 7 nitrogen and oxygen atoms in total. The van der Waals surface area contributed by atoms with Crippen LogP contribution in [0, 0.1) is 15.9 Å². The van der Waals surface area contributed by atoms with Crippen molar-refractivity contribution in [3.05, 3.63) is 61.4 Å². The van der Waals surface area contributed by atoms with Crippen molar-refractivity contribution in [1.29, 1.82) is 0 Å². The number of amides is 1. The predicted molar refractivity (Wildman–Crippen MR) is 116 cm³/mol. The molecule has 1 aromatic heterocycles. The van der Waals surface area contributed by atoms with Crippen molar-refractivity contribution in [2.24, 2.45) is 4.99 Å². The Hall–Kier alpha value is -3.32. The van der Waals surface area contributed by atoms with E-state index in [1.54, 1.807) is 24.3 Å². The molecule has 1 amide bonds. The van der Waals surface area contributed by atoms with E-state index in [9.17, 15) is 19.8 Å². The number of hydrogen-bond donors (Lipinski definition) is 4. The van der Waals surface area contributed by atoms with E-state index in [2.05, 4.69) is 37.9 Å². The molecule has 3 aromatic rings. The number of nitrogens with one attached hydrogen (secondary N) is 2. The van der Waals surface area contributed by atoms with Crippen molar-refractivity contribution < 1.29 is 15.0 Å². The summed E-state index contributed by atoms with van der Waals surface area (Å²) in [5.41, 5.74) is 0.899. The van der Waals surface area contributed by atoms with Crippen molar-refractivity contribution >= 4 is 51.2 Å². The van der Waals surface area contributed by atoms with E-state index in [0.29, 0.717) is 21.9 Å². The number of hydrogen-bond acceptors (Lipinski definition) is 5. The minimum atomic E-state index is -0.656. The maximum atomic E-state index is 12.0. The fourth-order valence-electron chi connectivity index (χ4n) is 2.62. The molecule has 2 aromatic carbocycles. The average molecular weight is 487 g/mol. The number of pyridine rings is 1. The Balaban J connectivity index is 1.87. The number of fused-ring (bicyclic) bond motifs is 1. The third-order valence-corrected chi connectivity index (χ3v) is 4.61. The standard InChI is InChI=1S/C20H14IN3O4/c1-2-18(26)23-16-6-3-11(7-17(16)25)9-22-10-15-14-8-12(21)4-5-13(14)19(27)24-20(15)28/h1,3-8,10,25H,9H2,(H,23,26)(H2,24,27,28). The number of H-pyrrole nitrogens is 1. The minimum Gasteiger partial charge on any atom is -0.506 e. The van der Waals surface area contributed by atoms with Crippen LogP contribution < -0.4 is 10.9 Å². The lowest BCUT2D eigenvalue weighted by Crippen LogP contribution is -2.08. The monoisotopic (exact) mass is 487 g/mol. The lowest BCUT2D eigenvalue weighted by molar-refractivity contribution is -0.111. The highest BCUT2D eigenvalue weighted by Gasteiger charge is 2.10. The molecule has 0 fully saturated rings. The van der Waals surface area contributed by atoms with Gasteiger partial charge in [-0.1, -0.05) is 6.07 Å². The van der Waals surface area contributed by atoms with Gasteiger partial charge in [-0.05, 0) is 64.4 Å². The number of nitrogens with zero attached hydrogens (tertiary/aromatic N) is 1. The van der Waals surface area contributed by atoms with Gasteiger partial charge in [0.1, 0.15) is 5.75 Å². The molecule has 0 spiro atoms. The summed E-state index contributed by atoms with van der Waals surface area (Å²) >= 11 is 2.12. The van der Waals surface area contributed by atoms with Gasteiger partial charge >= 0.3 is 0 Å². The van der Waals surface area contributed by atoms with Crippen LogP contribution in [-0.2, 0) is 11.3 Å². The number of aromatic nitrogens is 1. The summed E-state index contributed by atoms with van der Waals surface area (Å²) in [5.74, 6) is 0.844. The van der Waals surface area contributed by atoms with Crippen molar-refractivity contribution in [3.63, 3.8) is 0 Å². The van der Waals surface area contributed by atoms with Gasteiger partial charge in [0.15, 0.2) is 0 Å². The quantitative estimate of drug-likeness (QED) is 0.196. The number of carbonyl (C=O) groups is 1. The van der Waals surface area contributed by atoms with Crippen molar-refractivity contribution in [2.75, 3.05) is 5.32 Å². The Labute approximate surface area is 173 Å². The topological polar surface area (TPSA) is 115 Å². The number of carbonyl (C=O) groups excluding carboxylic acids is 1. The third-order valence-electron chi connectivity index (χ3n) is 3.94. The van der Waals surface area contributed by atoms with Gasteiger partial charge in [0, 0.05) is 20.6 Å². The van der Waals surface area contributed by atoms with E-state index in [-0.39, 0.29) is 29.4 Å². The van der Waals surface area contributed by atoms with Crippen LogP contribution >= 0.6 is 22.6 Å². The van der Waals surface area contributed by atoms with Crippen LogP contribution in [0.3, 0.4) is 0 Å². The molecule has 140 valence electrons. The second-order valence-electron chi connectivity index (χ2n) is 5.83. The molecule has 4 N–H and O–H groups in total. The number of phenols is 1. The van der Waals surface area contributed by atoms with Gasteiger partial charge in [0.25, 0.3) is 11.5 Å². The lowest BCUT2D eigenvalue weighted by atomic mass is 10.1. The van der Waals surface area contributed by atoms with Crippen LogP contribution in [0.2, 0.25) is 0 Å². The summed E-state index contributed by atoms with van der Waals surface area (Å²) < 4.78 is 0.916. The summed E-state index contributed by atoms with van der Waals surface area (Å²) in [6, 6.07) is 9.94. The van der Waals surface area contributed by atoms with Gasteiger partial charge in [-0.15, -0.1) is 6.42 Å². The molecule has 1 heterocycles. The van der Waals surface area contributed by atoms with Gasteiger partial charge in [0.2, 0.25) is 5.88 Å². The Morgan fingerprint density at radius 3 is 2.75 bits per heavy atom. The Kier molecular flexibility index (Phi) is 5.65. The fraction of sp³-hybridized carbons (Fsp3) is 0.0500. The summed E-state index contributed by atoms with van der Waals surface area (Å²) in [6.07, 6.45) is 6.45. The molecular weight excluding hydrogens is 473 g/mol. The number of phenolic OH excluding ortho intramolecular Hbond substituents is 1. The van der Waals surface area contributed by atoms with Crippen molar-refractivity contribution in [1.82, 2.24) is 4.98 Å². The van der Waals surface area contributed by atoms with E-state index in [4.69, 9.17) is 6.42 Å². The third kappa shape index (κ3) is 4.15. The number of terminal acetylenes is 1. The highest BCUT2D eigenvalue weighted by molar-refractivity contribution is 14.1. The van der Waals surface area contributed by atoms with Gasteiger partial charge in [-0.25, -0.2) is 0 Å². The SMILES string of the molecule is C#CC(=O)Nc1ccc(CN=Cc2c(O)[nH]c(=O)c3ccc(I)cc23)cc1O. The number of rotatable bonds is 4. The zero-order valence-corrected chi connectivity index (χ0v) is 16.5. The van der Waals surface area contributed by atoms with Crippen LogP contribution in [-0.4, -0.2) is 27.3 Å². The van der Waals surface area contributed by atoms with E-state index in [1.165, 1.54) is 18.3 Å². The molecule has 0 saturated heterocycles. The van der Waals surface area contributed by atoms with E-state index in [0.717, 1.165) is 3.57 Å². The average Bonchev–Trinajstić information content (AvgIpc) is 2.66. The number of aromatic amines is 1. The predicted octanol–water partition coefficient (Wildman–Crippen LogP) is 2.73. The Bertz CT molecular complexity index is 1210. The number of benzene rings is 2. The molecule has 0 atom stereocenters. The maximum Gasteiger partial charge on any atom is 0.300 e. The van der Waals surface area contributed by atoms with Crippen LogP contribution in [0.5, 0.6) is 11.6 Å². The molecule has 0 aliphatic carbocycles. The molecule has 0 aliphatic rings. The molecule has 3 rings (SSSR count). The lowest BCUT2D eigenvalue weighted by Gasteiger charge is -2.07. The fourth-order valence-corrected chi connectivity index (χ4v) is 3.11. The zero-order chi connectivity index (χ0) is 20.3.